The molecule has 0 unspecified atom stereocenters. The lowest BCUT2D eigenvalue weighted by Crippen LogP contribution is -1.83. The number of aromatic nitrogens is 1. The number of hydrogen-bond donors (Lipinski definition) is 1. The molecule has 1 N–H and O–H groups in total. The summed E-state index contributed by atoms with van der Waals surface area (Å²) >= 11 is 10.7. The normalized spacial score (nSPS) is 10.6. The van der Waals surface area contributed by atoms with Gasteiger partial charge in [-0.25, -0.2) is 4.98 Å². The molecule has 15 heavy (non-hydrogen) atoms. The summed E-state index contributed by atoms with van der Waals surface area (Å²) in [7, 11) is 0. The van der Waals surface area contributed by atoms with E-state index in [4.69, 9.17) is 16.7 Å². The molecule has 2 rings (SSSR count). The standard InChI is InChI=1S/C10H7BrClNOS/c11-9-8(5-14)13-10(15-9)6-2-1-3-7(12)4-6/h1-4,14H,5H2. The average Bonchev–Trinajstić information content (AvgIpc) is 2.60. The molecule has 0 radical (unpaired) electrons. The Hall–Kier alpha value is -0.420. The highest BCUT2D eigenvalue weighted by atomic mass is 79.9. The Balaban J connectivity index is 2.45. The van der Waals surface area contributed by atoms with Gasteiger partial charge in [0.1, 0.15) is 5.01 Å². The van der Waals surface area contributed by atoms with Crippen LogP contribution in [0, 0.1) is 0 Å². The number of halogens is 2. The van der Waals surface area contributed by atoms with E-state index < -0.39 is 0 Å². The highest BCUT2D eigenvalue weighted by Crippen LogP contribution is 2.32. The van der Waals surface area contributed by atoms with Gasteiger partial charge in [0.2, 0.25) is 0 Å². The van der Waals surface area contributed by atoms with Gasteiger partial charge in [0.25, 0.3) is 0 Å². The monoisotopic (exact) mass is 303 g/mol. The molecule has 0 bridgehead atoms. The van der Waals surface area contributed by atoms with Gasteiger partial charge in [-0.1, -0.05) is 23.7 Å². The van der Waals surface area contributed by atoms with Gasteiger partial charge in [-0.2, -0.15) is 0 Å². The molecule has 2 aromatic rings. The van der Waals surface area contributed by atoms with Crippen molar-refractivity contribution in [2.75, 3.05) is 0 Å². The molecule has 0 fully saturated rings. The van der Waals surface area contributed by atoms with E-state index >= 15 is 0 Å². The van der Waals surface area contributed by atoms with Crippen molar-refractivity contribution in [1.29, 1.82) is 0 Å². The predicted molar refractivity (Wildman–Crippen MR) is 66.2 cm³/mol. The van der Waals surface area contributed by atoms with Gasteiger partial charge in [0.15, 0.2) is 0 Å². The maximum absolute atomic E-state index is 9.02. The van der Waals surface area contributed by atoms with Crippen molar-refractivity contribution < 1.29 is 5.11 Å². The Morgan fingerprint density at radius 2 is 2.27 bits per heavy atom. The topological polar surface area (TPSA) is 33.1 Å². The Labute approximate surface area is 105 Å². The van der Waals surface area contributed by atoms with Crippen LogP contribution in [-0.2, 0) is 6.61 Å². The van der Waals surface area contributed by atoms with Gasteiger partial charge in [-0.15, -0.1) is 11.3 Å². The lowest BCUT2D eigenvalue weighted by Gasteiger charge is -1.95. The summed E-state index contributed by atoms with van der Waals surface area (Å²) in [6.07, 6.45) is 0. The first-order chi connectivity index (χ1) is 7.20. The minimum absolute atomic E-state index is 0.0579. The van der Waals surface area contributed by atoms with Crippen molar-refractivity contribution in [2.24, 2.45) is 0 Å². The highest BCUT2D eigenvalue weighted by Gasteiger charge is 2.09. The number of aliphatic hydroxyl groups is 1. The van der Waals surface area contributed by atoms with E-state index in [1.54, 1.807) is 0 Å². The quantitative estimate of drug-likeness (QED) is 0.917. The molecular formula is C10H7BrClNOS. The maximum atomic E-state index is 9.02. The number of benzene rings is 1. The van der Waals surface area contributed by atoms with Gasteiger partial charge in [0.05, 0.1) is 16.1 Å². The van der Waals surface area contributed by atoms with Crippen LogP contribution in [0.1, 0.15) is 5.69 Å². The van der Waals surface area contributed by atoms with Crippen LogP contribution in [0.4, 0.5) is 0 Å². The van der Waals surface area contributed by atoms with Gasteiger partial charge in [0, 0.05) is 10.6 Å². The number of aliphatic hydroxyl groups excluding tert-OH is 1. The summed E-state index contributed by atoms with van der Waals surface area (Å²) in [6.45, 7) is -0.0579. The van der Waals surface area contributed by atoms with E-state index in [0.717, 1.165) is 14.4 Å². The summed E-state index contributed by atoms with van der Waals surface area (Å²) in [5.74, 6) is 0. The lowest BCUT2D eigenvalue weighted by atomic mass is 10.2. The Bertz CT molecular complexity index is 486. The minimum atomic E-state index is -0.0579. The number of hydrogen-bond acceptors (Lipinski definition) is 3. The van der Waals surface area contributed by atoms with Crippen molar-refractivity contribution >= 4 is 38.9 Å². The molecule has 0 aliphatic rings. The van der Waals surface area contributed by atoms with Crippen LogP contribution in [0.15, 0.2) is 28.1 Å². The third-order valence-corrected chi connectivity index (χ3v) is 3.98. The number of nitrogens with zero attached hydrogens (tertiary/aromatic N) is 1. The van der Waals surface area contributed by atoms with E-state index in [0.29, 0.717) is 10.7 Å². The van der Waals surface area contributed by atoms with E-state index in [1.165, 1.54) is 11.3 Å². The molecule has 0 atom stereocenters. The molecule has 0 saturated carbocycles. The molecule has 78 valence electrons. The predicted octanol–water partition coefficient (Wildman–Crippen LogP) is 3.72. The van der Waals surface area contributed by atoms with Crippen LogP contribution in [0.3, 0.4) is 0 Å². The molecular weight excluding hydrogens is 298 g/mol. The Morgan fingerprint density at radius 1 is 1.47 bits per heavy atom. The second kappa shape index (κ2) is 4.61. The first-order valence-electron chi connectivity index (χ1n) is 4.22. The fourth-order valence-corrected chi connectivity index (χ4v) is 2.84. The molecule has 0 spiro atoms. The van der Waals surface area contributed by atoms with E-state index in [9.17, 15) is 0 Å². The zero-order chi connectivity index (χ0) is 10.8. The van der Waals surface area contributed by atoms with Crippen LogP contribution in [0.25, 0.3) is 10.6 Å². The van der Waals surface area contributed by atoms with Crippen LogP contribution in [0.2, 0.25) is 5.02 Å². The summed E-state index contributed by atoms with van der Waals surface area (Å²) < 4.78 is 0.861. The molecule has 1 aromatic heterocycles. The van der Waals surface area contributed by atoms with Crippen molar-refractivity contribution in [2.45, 2.75) is 6.61 Å². The molecule has 0 aliphatic heterocycles. The summed E-state index contributed by atoms with van der Waals surface area (Å²) in [5.41, 5.74) is 1.63. The lowest BCUT2D eigenvalue weighted by molar-refractivity contribution is 0.277. The molecule has 5 heteroatoms. The molecule has 1 aromatic carbocycles. The van der Waals surface area contributed by atoms with Crippen LogP contribution >= 0.6 is 38.9 Å². The summed E-state index contributed by atoms with van der Waals surface area (Å²) in [4.78, 5) is 4.30. The molecule has 1 heterocycles. The van der Waals surface area contributed by atoms with Gasteiger partial charge in [-0.05, 0) is 28.1 Å². The Kier molecular flexibility index (Phi) is 3.41. The van der Waals surface area contributed by atoms with Gasteiger partial charge >= 0.3 is 0 Å². The third-order valence-electron chi connectivity index (χ3n) is 1.87. The third kappa shape index (κ3) is 2.39. The zero-order valence-corrected chi connectivity index (χ0v) is 10.7. The molecule has 0 amide bonds. The van der Waals surface area contributed by atoms with E-state index in [-0.39, 0.29) is 6.61 Å². The van der Waals surface area contributed by atoms with Crippen molar-refractivity contribution in [3.8, 4) is 10.6 Å². The van der Waals surface area contributed by atoms with Crippen LogP contribution in [-0.4, -0.2) is 10.1 Å². The number of rotatable bonds is 2. The highest BCUT2D eigenvalue weighted by molar-refractivity contribution is 9.11. The molecule has 0 saturated heterocycles. The molecule has 2 nitrogen and oxygen atoms in total. The zero-order valence-electron chi connectivity index (χ0n) is 7.58. The smallest absolute Gasteiger partial charge is 0.124 e. The summed E-state index contributed by atoms with van der Waals surface area (Å²) in [5, 5.41) is 10.6. The van der Waals surface area contributed by atoms with Crippen LogP contribution in [0.5, 0.6) is 0 Å². The van der Waals surface area contributed by atoms with Crippen LogP contribution < -0.4 is 0 Å². The summed E-state index contributed by atoms with van der Waals surface area (Å²) in [6, 6.07) is 7.50. The second-order valence-electron chi connectivity index (χ2n) is 2.91. The van der Waals surface area contributed by atoms with Crippen molar-refractivity contribution in [3.05, 3.63) is 38.8 Å². The SMILES string of the molecule is OCc1nc(-c2cccc(Cl)c2)sc1Br. The van der Waals surface area contributed by atoms with E-state index in [1.807, 2.05) is 24.3 Å². The van der Waals surface area contributed by atoms with Gasteiger partial charge in [-0.3, -0.25) is 0 Å². The fraction of sp³-hybridized carbons (Fsp3) is 0.100. The average molecular weight is 305 g/mol. The van der Waals surface area contributed by atoms with E-state index in [2.05, 4.69) is 20.9 Å². The Morgan fingerprint density at radius 3 is 2.87 bits per heavy atom. The van der Waals surface area contributed by atoms with Gasteiger partial charge < -0.3 is 5.11 Å². The second-order valence-corrected chi connectivity index (χ2v) is 5.66. The maximum Gasteiger partial charge on any atom is 0.124 e. The fourth-order valence-electron chi connectivity index (χ4n) is 1.18. The van der Waals surface area contributed by atoms with Crippen molar-refractivity contribution in [3.63, 3.8) is 0 Å². The largest absolute Gasteiger partial charge is 0.390 e. The number of thiazole rings is 1. The van der Waals surface area contributed by atoms with Crippen molar-refractivity contribution in [1.82, 2.24) is 4.98 Å². The first kappa shape index (κ1) is 11.1. The molecule has 0 aliphatic carbocycles. The minimum Gasteiger partial charge on any atom is -0.390 e. The first-order valence-corrected chi connectivity index (χ1v) is 6.21.